The van der Waals surface area contributed by atoms with Crippen LogP contribution in [0.1, 0.15) is 57.6 Å². The maximum absolute atomic E-state index is 8.75. The van der Waals surface area contributed by atoms with E-state index in [4.69, 9.17) is 5.26 Å². The number of nitriles is 1. The fourth-order valence-electron chi connectivity index (χ4n) is 2.02. The second-order valence-electron chi connectivity index (χ2n) is 5.34. The Kier molecular flexibility index (Phi) is 7.43. The largest absolute Gasteiger partial charge is 0.192 e. The average molecular weight is 267 g/mol. The van der Waals surface area contributed by atoms with Crippen molar-refractivity contribution in [3.8, 4) is 6.07 Å². The number of hydrogen-bond donors (Lipinski definition) is 0. The molecule has 0 amide bonds. The summed E-state index contributed by atoms with van der Waals surface area (Å²) in [5.41, 5.74) is 4.99. The van der Waals surface area contributed by atoms with Gasteiger partial charge in [-0.2, -0.15) is 5.26 Å². The molecule has 1 aromatic carbocycles. The van der Waals surface area contributed by atoms with E-state index in [2.05, 4.69) is 51.1 Å². The molecule has 0 saturated heterocycles. The van der Waals surface area contributed by atoms with Crippen molar-refractivity contribution in [2.45, 2.75) is 52.9 Å². The molecule has 1 rings (SSSR count). The van der Waals surface area contributed by atoms with E-state index in [9.17, 15) is 0 Å². The highest BCUT2D eigenvalue weighted by atomic mass is 14.2. The van der Waals surface area contributed by atoms with Crippen molar-refractivity contribution in [3.63, 3.8) is 0 Å². The van der Waals surface area contributed by atoms with E-state index in [0.29, 0.717) is 0 Å². The molecule has 0 aromatic heterocycles. The zero-order valence-corrected chi connectivity index (χ0v) is 12.9. The Morgan fingerprint density at radius 3 is 2.30 bits per heavy atom. The third-order valence-corrected chi connectivity index (χ3v) is 3.60. The third kappa shape index (κ3) is 6.38. The van der Waals surface area contributed by atoms with Gasteiger partial charge < -0.3 is 0 Å². The third-order valence-electron chi connectivity index (χ3n) is 3.60. The Bertz CT molecular complexity index is 498. The van der Waals surface area contributed by atoms with Crippen LogP contribution in [0.5, 0.6) is 0 Å². The molecule has 0 spiro atoms. The van der Waals surface area contributed by atoms with Crippen LogP contribution in [0, 0.1) is 11.3 Å². The standard InChI is InChI=1S/C19H25N/c1-4-16(2)7-5-8-17(3)9-6-10-18-11-13-19(15-20)14-12-18/h7,9,11-14H,4-6,8,10H2,1-3H3/b16-7+,17-9+. The first kappa shape index (κ1) is 16.2. The molecule has 0 unspecified atom stereocenters. The molecular weight excluding hydrogens is 242 g/mol. The van der Waals surface area contributed by atoms with Crippen molar-refractivity contribution in [2.75, 3.05) is 0 Å². The highest BCUT2D eigenvalue weighted by Gasteiger charge is 1.94. The monoisotopic (exact) mass is 267 g/mol. The summed E-state index contributed by atoms with van der Waals surface area (Å²) in [7, 11) is 0. The van der Waals surface area contributed by atoms with Crippen molar-refractivity contribution in [2.24, 2.45) is 0 Å². The molecule has 0 saturated carbocycles. The first-order valence-electron chi connectivity index (χ1n) is 7.46. The van der Waals surface area contributed by atoms with Crippen LogP contribution in [0.4, 0.5) is 0 Å². The first-order valence-corrected chi connectivity index (χ1v) is 7.46. The van der Waals surface area contributed by atoms with Gasteiger partial charge in [0, 0.05) is 0 Å². The molecule has 1 aromatic rings. The molecule has 0 radical (unpaired) electrons. The number of hydrogen-bond acceptors (Lipinski definition) is 1. The van der Waals surface area contributed by atoms with Gasteiger partial charge in [0.1, 0.15) is 0 Å². The number of rotatable bonds is 7. The first-order chi connectivity index (χ1) is 9.65. The number of aryl methyl sites for hydroxylation is 1. The Hall–Kier alpha value is -1.81. The van der Waals surface area contributed by atoms with Crippen LogP contribution in [-0.2, 0) is 6.42 Å². The molecule has 20 heavy (non-hydrogen) atoms. The van der Waals surface area contributed by atoms with Gasteiger partial charge in [-0.05, 0) is 63.6 Å². The van der Waals surface area contributed by atoms with Gasteiger partial charge in [0.2, 0.25) is 0 Å². The predicted molar refractivity (Wildman–Crippen MR) is 86.5 cm³/mol. The van der Waals surface area contributed by atoms with Gasteiger partial charge in [-0.3, -0.25) is 0 Å². The Morgan fingerprint density at radius 2 is 1.70 bits per heavy atom. The maximum atomic E-state index is 8.75. The molecule has 0 aliphatic carbocycles. The fourth-order valence-corrected chi connectivity index (χ4v) is 2.02. The van der Waals surface area contributed by atoms with Crippen LogP contribution < -0.4 is 0 Å². The van der Waals surface area contributed by atoms with Gasteiger partial charge >= 0.3 is 0 Å². The molecule has 0 atom stereocenters. The topological polar surface area (TPSA) is 23.8 Å². The summed E-state index contributed by atoms with van der Waals surface area (Å²) in [5, 5.41) is 8.75. The quantitative estimate of drug-likeness (QED) is 0.592. The van der Waals surface area contributed by atoms with Crippen LogP contribution in [-0.4, -0.2) is 0 Å². The zero-order valence-electron chi connectivity index (χ0n) is 12.9. The van der Waals surface area contributed by atoms with Gasteiger partial charge in [0.25, 0.3) is 0 Å². The van der Waals surface area contributed by atoms with Crippen LogP contribution >= 0.6 is 0 Å². The lowest BCUT2D eigenvalue weighted by Gasteiger charge is -2.01. The van der Waals surface area contributed by atoms with Gasteiger partial charge in [0.15, 0.2) is 0 Å². The van der Waals surface area contributed by atoms with Crippen LogP contribution in [0.3, 0.4) is 0 Å². The Morgan fingerprint density at radius 1 is 1.05 bits per heavy atom. The van der Waals surface area contributed by atoms with Gasteiger partial charge in [-0.25, -0.2) is 0 Å². The normalized spacial score (nSPS) is 12.3. The molecule has 0 bridgehead atoms. The smallest absolute Gasteiger partial charge is 0.0991 e. The van der Waals surface area contributed by atoms with Crippen LogP contribution in [0.25, 0.3) is 0 Å². The van der Waals surface area contributed by atoms with Crippen molar-refractivity contribution < 1.29 is 0 Å². The van der Waals surface area contributed by atoms with Gasteiger partial charge in [-0.1, -0.05) is 42.4 Å². The summed E-state index contributed by atoms with van der Waals surface area (Å²) in [6.07, 6.45) is 10.3. The number of nitrogens with zero attached hydrogens (tertiary/aromatic N) is 1. The van der Waals surface area contributed by atoms with E-state index in [1.54, 1.807) is 0 Å². The SMILES string of the molecule is CC/C(C)=C/CC/C(C)=C/CCc1ccc(C#N)cc1. The summed E-state index contributed by atoms with van der Waals surface area (Å²) in [6.45, 7) is 6.62. The van der Waals surface area contributed by atoms with Crippen molar-refractivity contribution in [1.29, 1.82) is 5.26 Å². The summed E-state index contributed by atoms with van der Waals surface area (Å²) in [4.78, 5) is 0. The summed E-state index contributed by atoms with van der Waals surface area (Å²) in [6, 6.07) is 10.0. The van der Waals surface area contributed by atoms with Crippen molar-refractivity contribution >= 4 is 0 Å². The van der Waals surface area contributed by atoms with Crippen molar-refractivity contribution in [3.05, 3.63) is 58.7 Å². The predicted octanol–water partition coefficient (Wildman–Crippen LogP) is 5.57. The molecule has 0 aliphatic rings. The lowest BCUT2D eigenvalue weighted by molar-refractivity contribution is 0.918. The van der Waals surface area contributed by atoms with Gasteiger partial charge in [0.05, 0.1) is 11.6 Å². The molecule has 0 N–H and O–H groups in total. The highest BCUT2D eigenvalue weighted by Crippen LogP contribution is 2.11. The second-order valence-corrected chi connectivity index (χ2v) is 5.34. The molecule has 1 nitrogen and oxygen atoms in total. The fraction of sp³-hybridized carbons (Fsp3) is 0.421. The maximum Gasteiger partial charge on any atom is 0.0991 e. The second kappa shape index (κ2) is 9.15. The minimum Gasteiger partial charge on any atom is -0.192 e. The minimum atomic E-state index is 0.735. The minimum absolute atomic E-state index is 0.735. The van der Waals surface area contributed by atoms with E-state index in [1.807, 2.05) is 12.1 Å². The Labute approximate surface area is 123 Å². The van der Waals surface area contributed by atoms with E-state index in [1.165, 1.54) is 16.7 Å². The summed E-state index contributed by atoms with van der Waals surface area (Å²) in [5.74, 6) is 0. The Balaban J connectivity index is 2.34. The number of benzene rings is 1. The summed E-state index contributed by atoms with van der Waals surface area (Å²) >= 11 is 0. The van der Waals surface area contributed by atoms with E-state index in [0.717, 1.165) is 37.7 Å². The van der Waals surface area contributed by atoms with E-state index < -0.39 is 0 Å². The zero-order chi connectivity index (χ0) is 14.8. The summed E-state index contributed by atoms with van der Waals surface area (Å²) < 4.78 is 0. The van der Waals surface area contributed by atoms with Crippen molar-refractivity contribution in [1.82, 2.24) is 0 Å². The molecule has 0 aliphatic heterocycles. The molecule has 0 heterocycles. The lowest BCUT2D eigenvalue weighted by Crippen LogP contribution is -1.85. The van der Waals surface area contributed by atoms with Crippen LogP contribution in [0.2, 0.25) is 0 Å². The van der Waals surface area contributed by atoms with Gasteiger partial charge in [-0.15, -0.1) is 0 Å². The molecule has 1 heteroatoms. The van der Waals surface area contributed by atoms with E-state index >= 15 is 0 Å². The molecule has 0 fully saturated rings. The average Bonchev–Trinajstić information content (AvgIpc) is 2.47. The number of allylic oxidation sites excluding steroid dienone is 4. The molecule has 106 valence electrons. The van der Waals surface area contributed by atoms with E-state index in [-0.39, 0.29) is 0 Å². The lowest BCUT2D eigenvalue weighted by atomic mass is 10.0. The molecular formula is C19H25N. The van der Waals surface area contributed by atoms with Crippen LogP contribution in [0.15, 0.2) is 47.6 Å². The highest BCUT2D eigenvalue weighted by molar-refractivity contribution is 5.31.